The minimum Gasteiger partial charge on any atom is -0.385 e. The number of ether oxygens (including phenoxy) is 1. The van der Waals surface area contributed by atoms with E-state index in [4.69, 9.17) is 9.63 Å². The van der Waals surface area contributed by atoms with Gasteiger partial charge in [0.15, 0.2) is 12.5 Å². The van der Waals surface area contributed by atoms with Crippen LogP contribution in [-0.2, 0) is 36.1 Å². The monoisotopic (exact) mass is 535 g/mol. The quantitative estimate of drug-likeness (QED) is 0.294. The highest BCUT2D eigenvalue weighted by Gasteiger charge is 2.50. The van der Waals surface area contributed by atoms with Gasteiger partial charge in [0.2, 0.25) is 0 Å². The van der Waals surface area contributed by atoms with Gasteiger partial charge in [-0.05, 0) is 23.6 Å². The number of aromatic nitrogens is 1. The summed E-state index contributed by atoms with van der Waals surface area (Å²) in [4.78, 5) is 40.7. The number of fused-ring (bicyclic) bond motifs is 1. The number of aliphatic hydroxyl groups is 2. The van der Waals surface area contributed by atoms with Crippen LogP contribution in [0.3, 0.4) is 0 Å². The molecule has 0 aliphatic carbocycles. The van der Waals surface area contributed by atoms with Crippen molar-refractivity contribution in [1.29, 1.82) is 0 Å². The summed E-state index contributed by atoms with van der Waals surface area (Å²) in [6.07, 6.45) is -6.77. The fourth-order valence-corrected chi connectivity index (χ4v) is 6.16. The number of benzene rings is 1. The van der Waals surface area contributed by atoms with Gasteiger partial charge in [0, 0.05) is 13.3 Å². The Hall–Kier alpha value is -1.35. The topological polar surface area (TPSA) is 221 Å². The van der Waals surface area contributed by atoms with Crippen LogP contribution in [0.4, 0.5) is 4.39 Å². The van der Waals surface area contributed by atoms with Gasteiger partial charge in [0.1, 0.15) is 18.0 Å². The van der Waals surface area contributed by atoms with Crippen LogP contribution in [0.15, 0.2) is 35.3 Å². The maximum Gasteiger partial charge on any atom is 0.490 e. The summed E-state index contributed by atoms with van der Waals surface area (Å²) in [5, 5.41) is 20.6. The number of phosphoric ester groups is 2. The first-order valence-corrected chi connectivity index (χ1v) is 13.1. The largest absolute Gasteiger partial charge is 0.490 e. The van der Waals surface area contributed by atoms with Crippen LogP contribution in [0.25, 0.3) is 10.8 Å². The molecule has 0 amide bonds. The summed E-state index contributed by atoms with van der Waals surface area (Å²) in [6, 6.07) is 4.74. The molecule has 1 aromatic carbocycles. The maximum atomic E-state index is 13.5. The molecule has 33 heavy (non-hydrogen) atoms. The van der Waals surface area contributed by atoms with Crippen LogP contribution in [0.2, 0.25) is 0 Å². The molecule has 0 spiro atoms. The molecule has 1 aliphatic heterocycles. The second-order valence-corrected chi connectivity index (χ2v) is 11.2. The highest BCUT2D eigenvalue weighted by Crippen LogP contribution is 2.68. The zero-order valence-electron chi connectivity index (χ0n) is 16.3. The Morgan fingerprint density at radius 2 is 1.64 bits per heavy atom. The molecule has 3 unspecified atom stereocenters. The third kappa shape index (κ3) is 6.02. The normalized spacial score (nSPS) is 28.8. The van der Waals surface area contributed by atoms with Crippen molar-refractivity contribution in [3.05, 3.63) is 46.6 Å². The van der Waals surface area contributed by atoms with Crippen molar-refractivity contribution < 1.29 is 65.4 Å². The van der Waals surface area contributed by atoms with Crippen LogP contribution in [0.1, 0.15) is 6.23 Å². The molecular formula is C14H17FNO14P3. The molecule has 2 aromatic rings. The average Bonchev–Trinajstić information content (AvgIpc) is 2.94. The van der Waals surface area contributed by atoms with Crippen molar-refractivity contribution in [1.82, 2.24) is 4.57 Å². The molecule has 0 bridgehead atoms. The van der Waals surface area contributed by atoms with E-state index >= 15 is 0 Å². The molecule has 184 valence electrons. The summed E-state index contributed by atoms with van der Waals surface area (Å²) in [5.74, 6) is -0.721. The highest BCUT2D eigenvalue weighted by atomic mass is 31.3. The summed E-state index contributed by atoms with van der Waals surface area (Å²) in [6.45, 7) is 0. The smallest absolute Gasteiger partial charge is 0.385 e. The number of halogens is 1. The van der Waals surface area contributed by atoms with Crippen molar-refractivity contribution >= 4 is 34.2 Å². The zero-order chi connectivity index (χ0) is 24.8. The minimum absolute atomic E-state index is 0.103. The Bertz CT molecular complexity index is 1250. The van der Waals surface area contributed by atoms with E-state index in [9.17, 15) is 42.9 Å². The molecule has 19 heteroatoms. The van der Waals surface area contributed by atoms with Crippen LogP contribution in [0, 0.1) is 5.82 Å². The maximum absolute atomic E-state index is 13.5. The number of aliphatic hydroxyl groups excluding tert-OH is 2. The Balaban J connectivity index is 1.81. The SMILES string of the molecule is COP(=O)(O)OP(=O)(O)OP(=O)(O)O[C@H]1O[C@@H](n2ccc3ccc(F)cc3c2=O)[C@H](O)[C@@H]1O. The van der Waals surface area contributed by atoms with E-state index < -0.39 is 59.6 Å². The molecule has 1 fully saturated rings. The van der Waals surface area contributed by atoms with Crippen molar-refractivity contribution in [2.45, 2.75) is 24.7 Å². The van der Waals surface area contributed by atoms with Gasteiger partial charge in [-0.15, -0.1) is 0 Å². The molecule has 5 N–H and O–H groups in total. The zero-order valence-corrected chi connectivity index (χ0v) is 19.0. The number of phosphoric acid groups is 3. The minimum atomic E-state index is -5.72. The third-order valence-electron chi connectivity index (χ3n) is 4.24. The lowest BCUT2D eigenvalue weighted by atomic mass is 10.1. The third-order valence-corrected chi connectivity index (χ3v) is 8.48. The summed E-state index contributed by atoms with van der Waals surface area (Å²) in [7, 11) is -15.9. The Kier molecular flexibility index (Phi) is 7.45. The van der Waals surface area contributed by atoms with Gasteiger partial charge in [-0.2, -0.15) is 8.62 Å². The lowest BCUT2D eigenvalue weighted by Gasteiger charge is -2.21. The van der Waals surface area contributed by atoms with Crippen LogP contribution in [0.5, 0.6) is 0 Å². The Labute approximate surface area is 183 Å². The highest BCUT2D eigenvalue weighted by molar-refractivity contribution is 7.66. The van der Waals surface area contributed by atoms with E-state index in [2.05, 4.69) is 17.7 Å². The number of rotatable bonds is 8. The van der Waals surface area contributed by atoms with Crippen molar-refractivity contribution in [3.8, 4) is 0 Å². The van der Waals surface area contributed by atoms with E-state index in [-0.39, 0.29) is 5.39 Å². The van der Waals surface area contributed by atoms with Gasteiger partial charge in [0.05, 0.1) is 5.39 Å². The van der Waals surface area contributed by atoms with Crippen molar-refractivity contribution in [2.75, 3.05) is 7.11 Å². The molecule has 3 rings (SSSR count). The molecule has 7 atom stereocenters. The summed E-state index contributed by atoms with van der Waals surface area (Å²) < 4.78 is 70.1. The molecule has 0 radical (unpaired) electrons. The Morgan fingerprint density at radius 1 is 1.00 bits per heavy atom. The molecule has 1 aliphatic rings. The lowest BCUT2D eigenvalue weighted by Crippen LogP contribution is -2.35. The lowest BCUT2D eigenvalue weighted by molar-refractivity contribution is -0.134. The van der Waals surface area contributed by atoms with E-state index in [1.54, 1.807) is 0 Å². The number of hydrogen-bond acceptors (Lipinski definition) is 11. The average molecular weight is 535 g/mol. The van der Waals surface area contributed by atoms with Crippen LogP contribution < -0.4 is 5.56 Å². The molecule has 15 nitrogen and oxygen atoms in total. The van der Waals surface area contributed by atoms with E-state index in [0.29, 0.717) is 12.5 Å². The first kappa shape index (κ1) is 26.3. The molecule has 0 saturated carbocycles. The fraction of sp³-hybridized carbons (Fsp3) is 0.357. The van der Waals surface area contributed by atoms with Gasteiger partial charge < -0.3 is 29.6 Å². The molecule has 1 saturated heterocycles. The van der Waals surface area contributed by atoms with Crippen molar-refractivity contribution in [2.24, 2.45) is 0 Å². The fourth-order valence-electron chi connectivity index (χ4n) is 2.83. The molecule has 1 aromatic heterocycles. The van der Waals surface area contributed by atoms with Gasteiger partial charge >= 0.3 is 23.5 Å². The van der Waals surface area contributed by atoms with Gasteiger partial charge in [-0.3, -0.25) is 18.4 Å². The predicted molar refractivity (Wildman–Crippen MR) is 104 cm³/mol. The number of pyridine rings is 1. The van der Waals surface area contributed by atoms with Gasteiger partial charge in [-0.1, -0.05) is 6.07 Å². The first-order valence-electron chi connectivity index (χ1n) is 8.62. The summed E-state index contributed by atoms with van der Waals surface area (Å²) in [5.41, 5.74) is -0.848. The second-order valence-electron chi connectivity index (χ2n) is 6.49. The summed E-state index contributed by atoms with van der Waals surface area (Å²) >= 11 is 0. The van der Waals surface area contributed by atoms with E-state index in [1.165, 1.54) is 12.1 Å². The Morgan fingerprint density at radius 3 is 2.27 bits per heavy atom. The van der Waals surface area contributed by atoms with E-state index in [1.807, 2.05) is 0 Å². The standard InChI is InChI=1S/C14H17FNO14P3/c1-26-31(20,21)29-33(24,25)30-32(22,23)28-14-11(18)10(17)13(27-14)16-5-4-7-2-3-8(15)6-9(7)12(16)19/h2-6,10-11,13-14,17-18H,1H3,(H,20,21)(H,22,23)(H,24,25)/t10-,11+,13-,14-/m1/s1. The molecule has 2 heterocycles. The number of nitrogens with zero attached hydrogens (tertiary/aromatic N) is 1. The van der Waals surface area contributed by atoms with Gasteiger partial charge in [0.25, 0.3) is 5.56 Å². The van der Waals surface area contributed by atoms with Crippen LogP contribution in [-0.4, -0.2) is 55.1 Å². The van der Waals surface area contributed by atoms with E-state index in [0.717, 1.165) is 22.9 Å². The van der Waals surface area contributed by atoms with Crippen LogP contribution >= 0.6 is 23.5 Å². The van der Waals surface area contributed by atoms with Gasteiger partial charge in [-0.25, -0.2) is 18.1 Å². The predicted octanol–water partition coefficient (Wildman–Crippen LogP) is 0.715. The second kappa shape index (κ2) is 9.36. The van der Waals surface area contributed by atoms with Crippen molar-refractivity contribution in [3.63, 3.8) is 0 Å². The number of hydrogen-bond donors (Lipinski definition) is 5. The first-order chi connectivity index (χ1) is 15.1. The molecular weight excluding hydrogens is 518 g/mol.